The molecule has 1 aromatic carbocycles. The number of hydrogen-bond donors (Lipinski definition) is 2. The molecule has 1 saturated carbocycles. The van der Waals surface area contributed by atoms with Crippen molar-refractivity contribution in [1.29, 1.82) is 0 Å². The van der Waals surface area contributed by atoms with Gasteiger partial charge in [0.25, 0.3) is 5.89 Å². The van der Waals surface area contributed by atoms with Crippen LogP contribution in [-0.4, -0.2) is 39.9 Å². The number of oxazole rings is 1. The molecule has 2 aliphatic rings. The van der Waals surface area contributed by atoms with Gasteiger partial charge in [-0.2, -0.15) is 0 Å². The molecule has 8 nitrogen and oxygen atoms in total. The van der Waals surface area contributed by atoms with Crippen LogP contribution in [-0.2, 0) is 9.53 Å². The van der Waals surface area contributed by atoms with E-state index in [1.165, 1.54) is 24.6 Å². The quantitative estimate of drug-likeness (QED) is 0.286. The first-order chi connectivity index (χ1) is 17.5. The maximum atomic E-state index is 13.3. The Morgan fingerprint density at radius 3 is 2.69 bits per heavy atom. The van der Waals surface area contributed by atoms with Gasteiger partial charge in [0.1, 0.15) is 17.9 Å². The molecule has 1 saturated heterocycles. The van der Waals surface area contributed by atoms with Crippen LogP contribution in [0.5, 0.6) is 0 Å². The molecule has 3 aromatic rings. The number of carbonyl (C=O) groups is 2. The van der Waals surface area contributed by atoms with Crippen LogP contribution in [0.2, 0.25) is 0 Å². The molecule has 0 radical (unpaired) electrons. The second-order valence-electron chi connectivity index (χ2n) is 9.84. The molecule has 3 heterocycles. The van der Waals surface area contributed by atoms with Gasteiger partial charge < -0.3 is 19.5 Å². The van der Waals surface area contributed by atoms with E-state index in [0.29, 0.717) is 25.1 Å². The Balaban J connectivity index is 1.21. The Hall–Kier alpha value is -3.33. The summed E-state index contributed by atoms with van der Waals surface area (Å²) in [6.45, 7) is 1.44. The van der Waals surface area contributed by atoms with E-state index in [2.05, 4.69) is 20.3 Å². The minimum atomic E-state index is -0.295. The molecule has 1 aliphatic carbocycles. The van der Waals surface area contributed by atoms with Crippen LogP contribution in [0, 0.1) is 17.2 Å². The monoisotopic (exact) mass is 494 g/mol. The predicted octanol–water partition coefficient (Wildman–Crippen LogP) is 5.01. The Labute approximate surface area is 209 Å². The predicted molar refractivity (Wildman–Crippen MR) is 129 cm³/mol. The first-order valence-corrected chi connectivity index (χ1v) is 12.7. The van der Waals surface area contributed by atoms with Gasteiger partial charge >= 0.3 is 0 Å². The number of amides is 1. The highest BCUT2D eigenvalue weighted by Gasteiger charge is 2.58. The molecule has 2 atom stereocenters. The van der Waals surface area contributed by atoms with E-state index in [1.807, 2.05) is 0 Å². The lowest BCUT2D eigenvalue weighted by Gasteiger charge is -2.23. The van der Waals surface area contributed by atoms with Gasteiger partial charge in [-0.3, -0.25) is 9.59 Å². The minimum absolute atomic E-state index is 0.0221. The van der Waals surface area contributed by atoms with Crippen molar-refractivity contribution in [2.24, 2.45) is 11.3 Å². The zero-order valence-corrected chi connectivity index (χ0v) is 20.2. The van der Waals surface area contributed by atoms with Crippen molar-refractivity contribution < 1.29 is 23.1 Å². The summed E-state index contributed by atoms with van der Waals surface area (Å²) in [7, 11) is 0. The molecule has 5 rings (SSSR count). The van der Waals surface area contributed by atoms with Crippen molar-refractivity contribution in [3.05, 3.63) is 60.5 Å². The fourth-order valence-electron chi connectivity index (χ4n) is 5.17. The second kappa shape index (κ2) is 10.7. The third-order valence-electron chi connectivity index (χ3n) is 7.46. The molecular weight excluding hydrogens is 463 g/mol. The summed E-state index contributed by atoms with van der Waals surface area (Å²) in [4.78, 5) is 37.1. The number of aromatic amines is 1. The number of ether oxygens (including phenoxy) is 1. The first kappa shape index (κ1) is 24.4. The van der Waals surface area contributed by atoms with Crippen molar-refractivity contribution in [2.75, 3.05) is 13.2 Å². The SMILES string of the molecule is O=C(CCCCC[C@H](NC(=O)C1CC12CCOCC2)c1ncc(-c2ccc(F)cc2)[nH]1)c1ncco1. The summed E-state index contributed by atoms with van der Waals surface area (Å²) in [5.41, 5.74) is 1.69. The van der Waals surface area contributed by atoms with Crippen LogP contribution in [0.25, 0.3) is 11.3 Å². The highest BCUT2D eigenvalue weighted by atomic mass is 19.1. The Kier molecular flexibility index (Phi) is 7.27. The van der Waals surface area contributed by atoms with Crippen molar-refractivity contribution in [3.63, 3.8) is 0 Å². The molecule has 1 unspecified atom stereocenters. The van der Waals surface area contributed by atoms with Crippen LogP contribution in [0.4, 0.5) is 4.39 Å². The first-order valence-electron chi connectivity index (χ1n) is 12.7. The van der Waals surface area contributed by atoms with E-state index < -0.39 is 0 Å². The van der Waals surface area contributed by atoms with Crippen molar-refractivity contribution >= 4 is 11.7 Å². The molecule has 1 amide bonds. The average molecular weight is 495 g/mol. The van der Waals surface area contributed by atoms with Gasteiger partial charge in [0.05, 0.1) is 24.1 Å². The number of ketones is 1. The number of unbranched alkanes of at least 4 members (excludes halogenated alkanes) is 2. The standard InChI is InChI=1S/C27H31FN4O4/c28-19-8-6-18(7-9-19)22-17-30-24(31-22)21(4-2-1-3-5-23(33)26-29-12-15-36-26)32-25(34)20-16-27(20)10-13-35-14-11-27/h6-9,12,15,17,20-21H,1-5,10-11,13-14,16H2,(H,30,31)(H,32,34)/t20?,21-/m0/s1. The number of imidazole rings is 1. The highest BCUT2D eigenvalue weighted by Crippen LogP contribution is 2.59. The molecule has 1 spiro atoms. The molecule has 2 aromatic heterocycles. The summed E-state index contributed by atoms with van der Waals surface area (Å²) in [6, 6.07) is 5.95. The molecule has 36 heavy (non-hydrogen) atoms. The van der Waals surface area contributed by atoms with Crippen LogP contribution in [0.1, 0.15) is 73.9 Å². The Morgan fingerprint density at radius 1 is 1.14 bits per heavy atom. The lowest BCUT2D eigenvalue weighted by atomic mass is 9.93. The third kappa shape index (κ3) is 5.56. The van der Waals surface area contributed by atoms with Crippen LogP contribution >= 0.6 is 0 Å². The van der Waals surface area contributed by atoms with Gasteiger partial charge in [-0.1, -0.05) is 12.8 Å². The summed E-state index contributed by atoms with van der Waals surface area (Å²) in [6.07, 6.45) is 10.8. The van der Waals surface area contributed by atoms with Crippen LogP contribution in [0.3, 0.4) is 0 Å². The Morgan fingerprint density at radius 2 is 1.94 bits per heavy atom. The molecule has 0 bridgehead atoms. The van der Waals surface area contributed by atoms with E-state index in [-0.39, 0.29) is 40.8 Å². The number of halogens is 1. The molecule has 190 valence electrons. The third-order valence-corrected chi connectivity index (χ3v) is 7.46. The lowest BCUT2D eigenvalue weighted by molar-refractivity contribution is -0.124. The molecule has 9 heteroatoms. The summed E-state index contributed by atoms with van der Waals surface area (Å²) < 4.78 is 23.9. The van der Waals surface area contributed by atoms with Gasteiger partial charge in [0.15, 0.2) is 0 Å². The Bertz CT molecular complexity index is 1170. The average Bonchev–Trinajstić information content (AvgIpc) is 3.29. The number of H-pyrrole nitrogens is 1. The smallest absolute Gasteiger partial charge is 0.263 e. The molecule has 2 N–H and O–H groups in total. The number of hydrogen-bond acceptors (Lipinski definition) is 6. The van der Waals surface area contributed by atoms with Crippen molar-refractivity contribution in [2.45, 2.75) is 57.4 Å². The highest BCUT2D eigenvalue weighted by molar-refractivity contribution is 5.91. The van der Waals surface area contributed by atoms with Gasteiger partial charge in [-0.25, -0.2) is 14.4 Å². The van der Waals surface area contributed by atoms with Crippen molar-refractivity contribution in [3.8, 4) is 11.3 Å². The number of Topliss-reactive ketones (excluding diaryl/α,β-unsaturated/α-hetero) is 1. The van der Waals surface area contributed by atoms with Gasteiger partial charge in [0, 0.05) is 25.6 Å². The van der Waals surface area contributed by atoms with Gasteiger partial charge in [0.2, 0.25) is 11.7 Å². The number of benzene rings is 1. The van der Waals surface area contributed by atoms with Crippen LogP contribution < -0.4 is 5.32 Å². The van der Waals surface area contributed by atoms with Gasteiger partial charge in [-0.15, -0.1) is 0 Å². The number of nitrogens with one attached hydrogen (secondary N) is 2. The minimum Gasteiger partial charge on any atom is -0.442 e. The molecule has 1 aliphatic heterocycles. The summed E-state index contributed by atoms with van der Waals surface area (Å²) in [5, 5.41) is 3.24. The van der Waals surface area contributed by atoms with E-state index in [0.717, 1.165) is 56.6 Å². The van der Waals surface area contributed by atoms with Crippen molar-refractivity contribution in [1.82, 2.24) is 20.3 Å². The van der Waals surface area contributed by atoms with E-state index in [1.54, 1.807) is 18.3 Å². The molecular formula is C27H31FN4O4. The number of nitrogens with zero attached hydrogens (tertiary/aromatic N) is 2. The lowest BCUT2D eigenvalue weighted by Crippen LogP contribution is -2.33. The zero-order valence-electron chi connectivity index (χ0n) is 20.2. The summed E-state index contributed by atoms with van der Waals surface area (Å²) in [5.74, 6) is 0.525. The van der Waals surface area contributed by atoms with E-state index in [9.17, 15) is 14.0 Å². The van der Waals surface area contributed by atoms with Crippen LogP contribution in [0.15, 0.2) is 47.3 Å². The topological polar surface area (TPSA) is 110 Å². The normalized spacial score (nSPS) is 19.2. The fraction of sp³-hybridized carbons (Fsp3) is 0.481. The maximum Gasteiger partial charge on any atom is 0.263 e. The summed E-state index contributed by atoms with van der Waals surface area (Å²) >= 11 is 0. The molecule has 2 fully saturated rings. The van der Waals surface area contributed by atoms with Gasteiger partial charge in [-0.05, 0) is 67.3 Å². The number of rotatable bonds is 11. The second-order valence-corrected chi connectivity index (χ2v) is 9.84. The fourth-order valence-corrected chi connectivity index (χ4v) is 5.17. The maximum absolute atomic E-state index is 13.3. The zero-order chi connectivity index (χ0) is 25.0. The number of aromatic nitrogens is 3. The number of carbonyl (C=O) groups excluding carboxylic acids is 2. The van der Waals surface area contributed by atoms with E-state index in [4.69, 9.17) is 9.15 Å². The largest absolute Gasteiger partial charge is 0.442 e. The van der Waals surface area contributed by atoms with E-state index >= 15 is 0 Å².